The summed E-state index contributed by atoms with van der Waals surface area (Å²) in [5.41, 5.74) is 2.85. The Labute approximate surface area is 101 Å². The summed E-state index contributed by atoms with van der Waals surface area (Å²) in [4.78, 5) is 0. The van der Waals surface area contributed by atoms with Gasteiger partial charge in [0.1, 0.15) is 0 Å². The van der Waals surface area contributed by atoms with Crippen LogP contribution in [0.4, 0.5) is 5.69 Å². The Kier molecular flexibility index (Phi) is 5.21. The van der Waals surface area contributed by atoms with Gasteiger partial charge in [-0.25, -0.2) is 0 Å². The highest BCUT2D eigenvalue weighted by Crippen LogP contribution is 2.15. The molecule has 0 radical (unpaired) electrons. The van der Waals surface area contributed by atoms with E-state index in [2.05, 4.69) is 20.8 Å². The third-order valence-electron chi connectivity index (χ3n) is 2.18. The zero-order valence-electron chi connectivity index (χ0n) is 9.89. The van der Waals surface area contributed by atoms with Crippen LogP contribution in [-0.2, 0) is 4.74 Å². The maximum absolute atomic E-state index is 5.17. The topological polar surface area (TPSA) is 62.0 Å². The van der Waals surface area contributed by atoms with E-state index in [-0.39, 0.29) is 0 Å². The van der Waals surface area contributed by atoms with Gasteiger partial charge in [-0.05, 0) is 32.5 Å². The fraction of sp³-hybridized carbons (Fsp3) is 0.600. The molecule has 0 fully saturated rings. The van der Waals surface area contributed by atoms with E-state index < -0.39 is 0 Å². The molecule has 0 bridgehead atoms. The minimum atomic E-state index is 0.615. The van der Waals surface area contributed by atoms with Crippen LogP contribution in [0.2, 0.25) is 0 Å². The van der Waals surface area contributed by atoms with Gasteiger partial charge in [-0.3, -0.25) is 5.10 Å². The van der Waals surface area contributed by atoms with E-state index in [1.807, 2.05) is 13.8 Å². The van der Waals surface area contributed by atoms with E-state index in [0.717, 1.165) is 36.6 Å². The molecule has 0 atom stereocenters. The number of H-pyrrole nitrogens is 1. The number of thiocarbonyl (C=S) groups is 1. The van der Waals surface area contributed by atoms with Crippen molar-refractivity contribution in [3.05, 3.63) is 11.4 Å². The summed E-state index contributed by atoms with van der Waals surface area (Å²) in [6.45, 7) is 5.42. The largest absolute Gasteiger partial charge is 0.385 e. The molecule has 0 saturated carbocycles. The number of nitrogens with one attached hydrogen (secondary N) is 3. The molecule has 1 aromatic heterocycles. The highest BCUT2D eigenvalue weighted by molar-refractivity contribution is 7.80. The molecular formula is C10H18N4OS. The monoisotopic (exact) mass is 242 g/mol. The van der Waals surface area contributed by atoms with Crippen molar-refractivity contribution in [2.45, 2.75) is 20.3 Å². The molecule has 0 aromatic carbocycles. The Morgan fingerprint density at radius 3 is 2.81 bits per heavy atom. The zero-order valence-corrected chi connectivity index (χ0v) is 10.7. The second-order valence-electron chi connectivity index (χ2n) is 3.54. The molecule has 16 heavy (non-hydrogen) atoms. The highest BCUT2D eigenvalue weighted by atomic mass is 32.1. The normalized spacial score (nSPS) is 10.2. The Bertz CT molecular complexity index is 331. The van der Waals surface area contributed by atoms with Crippen LogP contribution in [-0.4, -0.2) is 35.6 Å². The fourth-order valence-electron chi connectivity index (χ4n) is 1.31. The maximum atomic E-state index is 5.17. The summed E-state index contributed by atoms with van der Waals surface area (Å²) >= 11 is 5.17. The number of aryl methyl sites for hydroxylation is 2. The summed E-state index contributed by atoms with van der Waals surface area (Å²) in [6, 6.07) is 0. The van der Waals surface area contributed by atoms with Crippen LogP contribution in [0.5, 0.6) is 0 Å². The lowest BCUT2D eigenvalue weighted by Crippen LogP contribution is -2.30. The molecule has 5 nitrogen and oxygen atoms in total. The second-order valence-corrected chi connectivity index (χ2v) is 3.94. The highest BCUT2D eigenvalue weighted by Gasteiger charge is 2.06. The number of anilines is 1. The molecule has 0 aliphatic heterocycles. The molecule has 0 unspecified atom stereocenters. The Balaban J connectivity index is 2.34. The molecule has 6 heteroatoms. The van der Waals surface area contributed by atoms with Gasteiger partial charge in [-0.2, -0.15) is 5.10 Å². The molecule has 90 valence electrons. The molecule has 0 saturated heterocycles. The second kappa shape index (κ2) is 6.44. The maximum Gasteiger partial charge on any atom is 0.170 e. The predicted octanol–water partition coefficient (Wildman–Crippen LogP) is 1.35. The molecule has 0 aliphatic rings. The average Bonchev–Trinajstić information content (AvgIpc) is 2.56. The minimum Gasteiger partial charge on any atom is -0.385 e. The first kappa shape index (κ1) is 12.9. The van der Waals surface area contributed by atoms with E-state index in [4.69, 9.17) is 17.0 Å². The summed E-state index contributed by atoms with van der Waals surface area (Å²) in [5, 5.41) is 13.8. The predicted molar refractivity (Wildman–Crippen MR) is 68.8 cm³/mol. The van der Waals surface area contributed by atoms with E-state index in [9.17, 15) is 0 Å². The van der Waals surface area contributed by atoms with Crippen molar-refractivity contribution >= 4 is 23.0 Å². The van der Waals surface area contributed by atoms with Crippen molar-refractivity contribution < 1.29 is 4.74 Å². The molecule has 0 amide bonds. The van der Waals surface area contributed by atoms with E-state index >= 15 is 0 Å². The molecule has 1 rings (SSSR count). The van der Waals surface area contributed by atoms with Crippen molar-refractivity contribution in [1.82, 2.24) is 15.5 Å². The molecule has 0 spiro atoms. The number of hydrogen-bond donors (Lipinski definition) is 3. The lowest BCUT2D eigenvalue weighted by molar-refractivity contribution is 0.196. The lowest BCUT2D eigenvalue weighted by atomic mass is 10.3. The fourth-order valence-corrected chi connectivity index (χ4v) is 1.52. The number of nitrogens with zero attached hydrogens (tertiary/aromatic N) is 1. The van der Waals surface area contributed by atoms with Crippen LogP contribution in [0.15, 0.2) is 0 Å². The Hall–Kier alpha value is -1.14. The quantitative estimate of drug-likeness (QED) is 0.537. The zero-order chi connectivity index (χ0) is 12.0. The summed E-state index contributed by atoms with van der Waals surface area (Å²) in [6.07, 6.45) is 0.932. The molecule has 0 aliphatic carbocycles. The van der Waals surface area contributed by atoms with Crippen LogP contribution in [0.1, 0.15) is 17.8 Å². The number of rotatable bonds is 5. The summed E-state index contributed by atoms with van der Waals surface area (Å²) < 4.78 is 4.95. The van der Waals surface area contributed by atoms with Gasteiger partial charge in [0.05, 0.1) is 17.1 Å². The summed E-state index contributed by atoms with van der Waals surface area (Å²) in [5.74, 6) is 0. The van der Waals surface area contributed by atoms with E-state index in [0.29, 0.717) is 5.11 Å². The molecule has 3 N–H and O–H groups in total. The van der Waals surface area contributed by atoms with Crippen molar-refractivity contribution in [2.75, 3.05) is 25.6 Å². The number of ether oxygens (including phenoxy) is 1. The van der Waals surface area contributed by atoms with Crippen LogP contribution >= 0.6 is 12.2 Å². The summed E-state index contributed by atoms with van der Waals surface area (Å²) in [7, 11) is 1.69. The average molecular weight is 242 g/mol. The van der Waals surface area contributed by atoms with Gasteiger partial charge in [-0.1, -0.05) is 0 Å². The smallest absolute Gasteiger partial charge is 0.170 e. The van der Waals surface area contributed by atoms with Gasteiger partial charge in [0.2, 0.25) is 0 Å². The first-order valence-corrected chi connectivity index (χ1v) is 5.61. The van der Waals surface area contributed by atoms with Crippen molar-refractivity contribution in [2.24, 2.45) is 0 Å². The van der Waals surface area contributed by atoms with Crippen LogP contribution < -0.4 is 10.6 Å². The van der Waals surface area contributed by atoms with Gasteiger partial charge in [0.25, 0.3) is 0 Å². The third kappa shape index (κ3) is 3.79. The van der Waals surface area contributed by atoms with Gasteiger partial charge in [0, 0.05) is 20.3 Å². The number of aromatic amines is 1. The van der Waals surface area contributed by atoms with Crippen molar-refractivity contribution in [3.63, 3.8) is 0 Å². The first-order chi connectivity index (χ1) is 7.65. The number of hydrogen-bond acceptors (Lipinski definition) is 3. The lowest BCUT2D eigenvalue weighted by Gasteiger charge is -2.10. The molecular weight excluding hydrogens is 224 g/mol. The van der Waals surface area contributed by atoms with Crippen LogP contribution in [0, 0.1) is 13.8 Å². The van der Waals surface area contributed by atoms with Gasteiger partial charge in [0.15, 0.2) is 5.11 Å². The van der Waals surface area contributed by atoms with Crippen LogP contribution in [0.3, 0.4) is 0 Å². The van der Waals surface area contributed by atoms with E-state index in [1.165, 1.54) is 0 Å². The van der Waals surface area contributed by atoms with Crippen molar-refractivity contribution in [3.8, 4) is 0 Å². The van der Waals surface area contributed by atoms with Gasteiger partial charge < -0.3 is 15.4 Å². The number of aromatic nitrogens is 2. The number of methoxy groups -OCH3 is 1. The molecule has 1 aromatic rings. The van der Waals surface area contributed by atoms with Crippen molar-refractivity contribution in [1.29, 1.82) is 0 Å². The van der Waals surface area contributed by atoms with Gasteiger partial charge in [-0.15, -0.1) is 0 Å². The van der Waals surface area contributed by atoms with Gasteiger partial charge >= 0.3 is 0 Å². The molecule has 1 heterocycles. The Morgan fingerprint density at radius 1 is 1.50 bits per heavy atom. The SMILES string of the molecule is COCCCNC(=S)Nc1c(C)n[nH]c1C. The Morgan fingerprint density at radius 2 is 2.25 bits per heavy atom. The first-order valence-electron chi connectivity index (χ1n) is 5.20. The van der Waals surface area contributed by atoms with Crippen LogP contribution in [0.25, 0.3) is 0 Å². The third-order valence-corrected chi connectivity index (χ3v) is 2.42. The van der Waals surface area contributed by atoms with E-state index in [1.54, 1.807) is 7.11 Å². The standard InChI is InChI=1S/C10H18N4OS/c1-7-9(8(2)14-13-7)12-10(16)11-5-4-6-15-3/h4-6H2,1-3H3,(H,13,14)(H2,11,12,16). The minimum absolute atomic E-state index is 0.615.